The van der Waals surface area contributed by atoms with Gasteiger partial charge in [-0.3, -0.25) is 10.1 Å². The number of nitro benzene ring substituents is 1. The van der Waals surface area contributed by atoms with Crippen molar-refractivity contribution in [3.63, 3.8) is 0 Å². The number of nitrogens with two attached hydrogens (primary N) is 1. The third kappa shape index (κ3) is 3.41. The van der Waals surface area contributed by atoms with E-state index in [0.717, 1.165) is 12.1 Å². The summed E-state index contributed by atoms with van der Waals surface area (Å²) in [5, 5.41) is 14.4. The topological polar surface area (TPSA) is 124 Å². The molecule has 2 aromatic rings. The largest absolute Gasteiger partial charge is 0.455 e. The minimum atomic E-state index is -0.841. The van der Waals surface area contributed by atoms with Crippen LogP contribution in [0.4, 0.5) is 14.9 Å². The second kappa shape index (κ2) is 5.82. The highest BCUT2D eigenvalue weighted by Gasteiger charge is 2.18. The lowest BCUT2D eigenvalue weighted by Gasteiger charge is -1.99. The summed E-state index contributed by atoms with van der Waals surface area (Å²) < 4.78 is 18.4. The molecule has 1 aromatic heterocycles. The van der Waals surface area contributed by atoms with E-state index >= 15 is 0 Å². The zero-order valence-electron chi connectivity index (χ0n) is 10.4. The molecule has 0 fully saturated rings. The van der Waals surface area contributed by atoms with Crippen LogP contribution in [-0.4, -0.2) is 17.2 Å². The van der Waals surface area contributed by atoms with Crippen molar-refractivity contribution in [1.82, 2.24) is 5.43 Å². The third-order valence-corrected chi connectivity index (χ3v) is 2.42. The molecule has 0 saturated carbocycles. The van der Waals surface area contributed by atoms with Crippen LogP contribution in [0.25, 0.3) is 11.3 Å². The minimum absolute atomic E-state index is 0.129. The average molecular weight is 292 g/mol. The van der Waals surface area contributed by atoms with E-state index in [0.29, 0.717) is 0 Å². The van der Waals surface area contributed by atoms with Gasteiger partial charge < -0.3 is 10.2 Å². The Morgan fingerprint density at radius 3 is 2.86 bits per heavy atom. The number of halogens is 1. The number of rotatable bonds is 4. The van der Waals surface area contributed by atoms with Crippen molar-refractivity contribution in [2.45, 2.75) is 0 Å². The number of primary amides is 1. The Morgan fingerprint density at radius 2 is 2.19 bits per heavy atom. The van der Waals surface area contributed by atoms with Crippen LogP contribution in [0.2, 0.25) is 0 Å². The fraction of sp³-hybridized carbons (Fsp3) is 0. The number of amides is 2. The van der Waals surface area contributed by atoms with Crippen molar-refractivity contribution in [2.75, 3.05) is 0 Å². The fourth-order valence-electron chi connectivity index (χ4n) is 1.59. The number of carbonyl (C=O) groups is 1. The van der Waals surface area contributed by atoms with Crippen molar-refractivity contribution in [3.05, 3.63) is 52.0 Å². The van der Waals surface area contributed by atoms with Crippen molar-refractivity contribution in [2.24, 2.45) is 10.8 Å². The molecule has 0 aliphatic heterocycles. The molecule has 1 aromatic carbocycles. The maximum Gasteiger partial charge on any atom is 0.332 e. The first kappa shape index (κ1) is 14.2. The number of urea groups is 1. The second-order valence-electron chi connectivity index (χ2n) is 3.85. The molecule has 1 heterocycles. The number of hydrogen-bond donors (Lipinski definition) is 2. The molecule has 0 radical (unpaired) electrons. The van der Waals surface area contributed by atoms with Crippen molar-refractivity contribution in [1.29, 1.82) is 0 Å². The van der Waals surface area contributed by atoms with Crippen LogP contribution in [0.5, 0.6) is 0 Å². The summed E-state index contributed by atoms with van der Waals surface area (Å²) in [5.74, 6) is -0.316. The monoisotopic (exact) mass is 292 g/mol. The number of furan rings is 1. The Hall–Kier alpha value is -3.23. The molecular weight excluding hydrogens is 283 g/mol. The third-order valence-electron chi connectivity index (χ3n) is 2.42. The highest BCUT2D eigenvalue weighted by molar-refractivity contribution is 5.80. The highest BCUT2D eigenvalue weighted by atomic mass is 19.1. The number of nitrogens with zero attached hydrogens (tertiary/aromatic N) is 2. The van der Waals surface area contributed by atoms with Gasteiger partial charge in [-0.15, -0.1) is 0 Å². The van der Waals surface area contributed by atoms with Gasteiger partial charge in [-0.25, -0.2) is 14.6 Å². The summed E-state index contributed by atoms with van der Waals surface area (Å²) >= 11 is 0. The quantitative estimate of drug-likeness (QED) is 0.508. The molecule has 21 heavy (non-hydrogen) atoms. The van der Waals surface area contributed by atoms with Crippen LogP contribution in [0.1, 0.15) is 5.76 Å². The van der Waals surface area contributed by atoms with E-state index in [2.05, 4.69) is 5.10 Å². The molecule has 0 unspecified atom stereocenters. The Kier molecular flexibility index (Phi) is 3.93. The van der Waals surface area contributed by atoms with Gasteiger partial charge >= 0.3 is 6.03 Å². The van der Waals surface area contributed by atoms with Gasteiger partial charge in [0.2, 0.25) is 0 Å². The van der Waals surface area contributed by atoms with Crippen LogP contribution >= 0.6 is 0 Å². The van der Waals surface area contributed by atoms with Gasteiger partial charge in [0.25, 0.3) is 5.69 Å². The number of benzene rings is 1. The number of carbonyl (C=O) groups excluding carboxylic acids is 1. The van der Waals surface area contributed by atoms with Crippen LogP contribution < -0.4 is 11.2 Å². The summed E-state index contributed by atoms with van der Waals surface area (Å²) in [6.07, 6.45) is 1.17. The molecule has 0 spiro atoms. The highest BCUT2D eigenvalue weighted by Crippen LogP contribution is 2.31. The normalized spacial score (nSPS) is 10.7. The summed E-state index contributed by atoms with van der Waals surface area (Å²) in [6.45, 7) is 0. The van der Waals surface area contributed by atoms with Gasteiger partial charge in [0.05, 0.1) is 22.8 Å². The lowest BCUT2D eigenvalue weighted by Crippen LogP contribution is -2.24. The Bertz CT molecular complexity index is 726. The van der Waals surface area contributed by atoms with Crippen molar-refractivity contribution >= 4 is 17.9 Å². The summed E-state index contributed by atoms with van der Waals surface area (Å²) in [7, 11) is 0. The first-order valence-corrected chi connectivity index (χ1v) is 5.60. The van der Waals surface area contributed by atoms with Gasteiger partial charge in [0.1, 0.15) is 17.3 Å². The number of nitrogens with one attached hydrogen (secondary N) is 1. The smallest absolute Gasteiger partial charge is 0.332 e. The van der Waals surface area contributed by atoms with E-state index < -0.39 is 22.5 Å². The van der Waals surface area contributed by atoms with Gasteiger partial charge in [0.15, 0.2) is 0 Å². The van der Waals surface area contributed by atoms with E-state index in [4.69, 9.17) is 10.2 Å². The fourth-order valence-corrected chi connectivity index (χ4v) is 1.59. The molecule has 2 amide bonds. The van der Waals surface area contributed by atoms with Gasteiger partial charge in [-0.2, -0.15) is 5.10 Å². The lowest BCUT2D eigenvalue weighted by atomic mass is 10.1. The van der Waals surface area contributed by atoms with Crippen molar-refractivity contribution < 1.29 is 18.5 Å². The molecule has 0 aliphatic carbocycles. The molecule has 2 rings (SSSR count). The standard InChI is InChI=1S/C12H9FN4O4/c13-7-1-3-9(10(5-7)17(19)20)11-4-2-8(21-11)6-15-16-12(14)18/h1-6H,(H3,14,16,18)/b15-6+. The summed E-state index contributed by atoms with van der Waals surface area (Å²) in [5.41, 5.74) is 6.50. The number of hydrogen-bond acceptors (Lipinski definition) is 5. The SMILES string of the molecule is NC(=O)N/N=C/c1ccc(-c2ccc(F)cc2[N+](=O)[O-])o1. The van der Waals surface area contributed by atoms with Gasteiger partial charge in [-0.05, 0) is 24.3 Å². The predicted molar refractivity (Wildman–Crippen MR) is 71.1 cm³/mol. The zero-order chi connectivity index (χ0) is 15.4. The lowest BCUT2D eigenvalue weighted by molar-refractivity contribution is -0.384. The predicted octanol–water partition coefficient (Wildman–Crippen LogP) is 2.00. The van der Waals surface area contributed by atoms with Crippen LogP contribution in [-0.2, 0) is 0 Å². The van der Waals surface area contributed by atoms with Crippen LogP contribution in [0.3, 0.4) is 0 Å². The molecule has 108 valence electrons. The molecule has 0 aliphatic rings. The van der Waals surface area contributed by atoms with Gasteiger partial charge in [-0.1, -0.05) is 0 Å². The van der Waals surface area contributed by atoms with E-state index in [9.17, 15) is 19.3 Å². The number of nitro groups is 1. The maximum absolute atomic E-state index is 13.1. The second-order valence-corrected chi connectivity index (χ2v) is 3.85. The average Bonchev–Trinajstić information content (AvgIpc) is 2.86. The maximum atomic E-state index is 13.1. The molecule has 8 nitrogen and oxygen atoms in total. The molecule has 0 atom stereocenters. The molecule has 0 bridgehead atoms. The van der Waals surface area contributed by atoms with E-state index in [1.165, 1.54) is 24.4 Å². The Labute approximate surface area is 117 Å². The zero-order valence-corrected chi connectivity index (χ0v) is 10.4. The molecule has 9 heteroatoms. The van der Waals surface area contributed by atoms with E-state index in [1.807, 2.05) is 5.43 Å². The Morgan fingerprint density at radius 1 is 1.43 bits per heavy atom. The van der Waals surface area contributed by atoms with Crippen molar-refractivity contribution in [3.8, 4) is 11.3 Å². The first-order valence-electron chi connectivity index (χ1n) is 5.60. The van der Waals surface area contributed by atoms with Crippen LogP contribution in [0.15, 0.2) is 39.9 Å². The summed E-state index contributed by atoms with van der Waals surface area (Å²) in [4.78, 5) is 20.6. The minimum Gasteiger partial charge on any atom is -0.455 e. The Balaban J connectivity index is 2.31. The van der Waals surface area contributed by atoms with E-state index in [-0.39, 0.29) is 17.1 Å². The number of hydrazone groups is 1. The van der Waals surface area contributed by atoms with Crippen LogP contribution in [0, 0.1) is 15.9 Å². The molecule has 3 N–H and O–H groups in total. The van der Waals surface area contributed by atoms with Gasteiger partial charge in [0, 0.05) is 0 Å². The first-order chi connectivity index (χ1) is 9.97. The van der Waals surface area contributed by atoms with E-state index in [1.54, 1.807) is 0 Å². The molecule has 0 saturated heterocycles. The summed E-state index contributed by atoms with van der Waals surface area (Å²) in [6, 6.07) is 5.25. The molecular formula is C12H9FN4O4.